The van der Waals surface area contributed by atoms with Crippen LogP contribution in [0.5, 0.6) is 0 Å². The Morgan fingerprint density at radius 2 is 1.62 bits per heavy atom. The summed E-state index contributed by atoms with van der Waals surface area (Å²) in [5.41, 5.74) is -0.149. The zero-order chi connectivity index (χ0) is 15.3. The molecule has 0 saturated heterocycles. The van der Waals surface area contributed by atoms with E-state index >= 15 is 0 Å². The van der Waals surface area contributed by atoms with Gasteiger partial charge in [0.15, 0.2) is 0 Å². The quantitative estimate of drug-likeness (QED) is 0.435. The molecule has 4 unspecified atom stereocenters. The van der Waals surface area contributed by atoms with Crippen LogP contribution in [-0.2, 0) is 4.79 Å². The number of carbonyl (C=O) groups is 1. The number of alkyl halides is 2. The van der Waals surface area contributed by atoms with Crippen molar-refractivity contribution in [2.75, 3.05) is 0 Å². The number of nitrogens with zero attached hydrogens (tertiary/aromatic N) is 2. The lowest BCUT2D eigenvalue weighted by Gasteiger charge is -3.14. The Morgan fingerprint density at radius 3 is 1.95 bits per heavy atom. The van der Waals surface area contributed by atoms with Crippen LogP contribution < -0.4 is 0 Å². The number of carbonyl (C=O) groups excluding carboxylic acids is 1. The fraction of sp³-hybridized carbons (Fsp3) is 0.875. The van der Waals surface area contributed by atoms with Crippen LogP contribution >= 0.6 is 45.2 Å². The molecule has 5 heteroatoms. The summed E-state index contributed by atoms with van der Waals surface area (Å²) < 4.78 is 0.223. The molecule has 8 atom stereocenters. The van der Waals surface area contributed by atoms with Crippen LogP contribution in [0.15, 0.2) is 0 Å². The number of amides is 1. The number of rotatable bonds is 3. The van der Waals surface area contributed by atoms with E-state index < -0.39 is 0 Å². The Hall–Kier alpha value is 0.420. The van der Waals surface area contributed by atoms with Crippen LogP contribution in [0, 0.1) is 45.8 Å². The summed E-state index contributed by atoms with van der Waals surface area (Å²) in [6.45, 7) is 8.48. The van der Waals surface area contributed by atoms with Gasteiger partial charge in [-0.05, 0) is 45.4 Å². The van der Waals surface area contributed by atoms with Gasteiger partial charge in [0.1, 0.15) is 0 Å². The predicted octanol–water partition coefficient (Wildman–Crippen LogP) is 3.01. The van der Waals surface area contributed by atoms with Crippen LogP contribution in [0.25, 0.3) is 0 Å². The van der Waals surface area contributed by atoms with Gasteiger partial charge in [0.2, 0.25) is 5.91 Å². The molecule has 6 rings (SSSR count). The molecule has 21 heavy (non-hydrogen) atoms. The highest BCUT2D eigenvalue weighted by molar-refractivity contribution is 14.1. The Balaban J connectivity index is 1.57. The van der Waals surface area contributed by atoms with Crippen LogP contribution in [-0.4, -0.2) is 29.7 Å². The molecule has 0 aromatic carbocycles. The third-order valence-corrected chi connectivity index (χ3v) is 11.8. The summed E-state index contributed by atoms with van der Waals surface area (Å²) in [5, 5.41) is 9.60. The summed E-state index contributed by atoms with van der Waals surface area (Å²) in [5.74, 6) is 2.42. The fourth-order valence-corrected chi connectivity index (χ4v) is 14.5. The van der Waals surface area contributed by atoms with Crippen LogP contribution in [0.2, 0.25) is 0 Å². The Labute approximate surface area is 152 Å². The standard InChI is InChI=1S/C16H18I2N2O/c1-6(2)20(7(3)4)12(21)14-8-9-13(5-19)10(8)16(14,18)11(13)15(9,14)17/h6-11H,1-4H3/t8?,9-,10+,11?,13?,14?,15-,16-/m0/s1. The van der Waals surface area contributed by atoms with Crippen molar-refractivity contribution in [1.29, 1.82) is 5.26 Å². The summed E-state index contributed by atoms with van der Waals surface area (Å²) >= 11 is 5.13. The maximum Gasteiger partial charge on any atom is 0.232 e. The van der Waals surface area contributed by atoms with E-state index in [2.05, 4.69) is 83.8 Å². The largest absolute Gasteiger partial charge is 0.337 e. The van der Waals surface area contributed by atoms with Crippen molar-refractivity contribution < 1.29 is 4.79 Å². The summed E-state index contributed by atoms with van der Waals surface area (Å²) in [7, 11) is 0. The van der Waals surface area contributed by atoms with Gasteiger partial charge >= 0.3 is 0 Å². The SMILES string of the molecule is CC(C)N(C(=O)C12C3[C@@H]4C5(C#N)C([C@@]41I)[C@@]2(I)[C@@H]35)C(C)C. The minimum atomic E-state index is -0.131. The zero-order valence-corrected chi connectivity index (χ0v) is 16.8. The number of hydrogen-bond donors (Lipinski definition) is 0. The first-order chi connectivity index (χ1) is 9.71. The minimum absolute atomic E-state index is 0.0183. The zero-order valence-electron chi connectivity index (χ0n) is 12.5. The lowest BCUT2D eigenvalue weighted by Crippen LogP contribution is -3.22. The molecule has 0 N–H and O–H groups in total. The van der Waals surface area contributed by atoms with Crippen molar-refractivity contribution >= 4 is 51.1 Å². The lowest BCUT2D eigenvalue weighted by atomic mass is 8.92. The second-order valence-corrected chi connectivity index (χ2v) is 11.8. The van der Waals surface area contributed by atoms with Gasteiger partial charge in [-0.1, -0.05) is 45.2 Å². The van der Waals surface area contributed by atoms with Crippen LogP contribution in [0.3, 0.4) is 0 Å². The van der Waals surface area contributed by atoms with Crippen LogP contribution in [0.4, 0.5) is 0 Å². The van der Waals surface area contributed by atoms with E-state index in [-0.39, 0.29) is 29.8 Å². The maximum atomic E-state index is 13.4. The topological polar surface area (TPSA) is 44.1 Å². The summed E-state index contributed by atoms with van der Waals surface area (Å²) in [4.78, 5) is 15.5. The van der Waals surface area contributed by atoms with Crippen molar-refractivity contribution in [3.63, 3.8) is 0 Å². The van der Waals surface area contributed by atoms with Crippen molar-refractivity contribution in [3.05, 3.63) is 0 Å². The molecule has 0 bridgehead atoms. The molecule has 112 valence electrons. The molecule has 0 heterocycles. The average molecular weight is 508 g/mol. The Bertz CT molecular complexity index is 634. The number of nitriles is 1. The third kappa shape index (κ3) is 0.761. The molecule has 0 spiro atoms. The lowest BCUT2D eigenvalue weighted by molar-refractivity contribution is -0.574. The first kappa shape index (κ1) is 13.8. The molecule has 3 nitrogen and oxygen atoms in total. The molecule has 6 saturated carbocycles. The van der Waals surface area contributed by atoms with E-state index in [1.54, 1.807) is 0 Å². The van der Waals surface area contributed by atoms with Gasteiger partial charge in [-0.15, -0.1) is 0 Å². The van der Waals surface area contributed by atoms with Gasteiger partial charge in [-0.25, -0.2) is 0 Å². The third-order valence-electron chi connectivity index (χ3n) is 7.56. The van der Waals surface area contributed by atoms with Gasteiger partial charge in [0.25, 0.3) is 0 Å². The molecule has 0 aliphatic heterocycles. The van der Waals surface area contributed by atoms with E-state index in [9.17, 15) is 10.1 Å². The number of halogens is 2. The monoisotopic (exact) mass is 508 g/mol. The molecule has 6 fully saturated rings. The van der Waals surface area contributed by atoms with E-state index in [0.29, 0.717) is 29.6 Å². The molecule has 0 radical (unpaired) electrons. The Morgan fingerprint density at radius 1 is 1.14 bits per heavy atom. The van der Waals surface area contributed by atoms with E-state index in [0.717, 1.165) is 0 Å². The van der Waals surface area contributed by atoms with E-state index in [4.69, 9.17) is 0 Å². The van der Waals surface area contributed by atoms with Gasteiger partial charge < -0.3 is 4.90 Å². The smallest absolute Gasteiger partial charge is 0.232 e. The molecule has 0 aromatic rings. The first-order valence-electron chi connectivity index (χ1n) is 7.83. The normalized spacial score (nSPS) is 62.6. The molecule has 1 amide bonds. The van der Waals surface area contributed by atoms with Gasteiger partial charge in [-0.3, -0.25) is 4.79 Å². The molecule has 0 aromatic heterocycles. The first-order valence-corrected chi connectivity index (χ1v) is 9.99. The molecular formula is C16H18I2N2O. The highest BCUT2D eigenvalue weighted by Crippen LogP contribution is 3.16. The predicted molar refractivity (Wildman–Crippen MR) is 95.1 cm³/mol. The molecular weight excluding hydrogens is 490 g/mol. The van der Waals surface area contributed by atoms with E-state index in [1.807, 2.05) is 0 Å². The van der Waals surface area contributed by atoms with E-state index in [1.165, 1.54) is 0 Å². The second kappa shape index (κ2) is 3.15. The minimum Gasteiger partial charge on any atom is -0.337 e. The van der Waals surface area contributed by atoms with Crippen molar-refractivity contribution in [1.82, 2.24) is 4.90 Å². The fourth-order valence-electron chi connectivity index (χ4n) is 7.53. The van der Waals surface area contributed by atoms with Gasteiger partial charge in [0, 0.05) is 24.8 Å². The summed E-state index contributed by atoms with van der Waals surface area (Å²) in [6.07, 6.45) is 0. The molecule has 6 aliphatic rings. The molecule has 6 aliphatic carbocycles. The van der Waals surface area contributed by atoms with Crippen LogP contribution in [0.1, 0.15) is 27.7 Å². The van der Waals surface area contributed by atoms with Crippen molar-refractivity contribution in [2.24, 2.45) is 34.5 Å². The van der Waals surface area contributed by atoms with Crippen molar-refractivity contribution in [3.8, 4) is 6.07 Å². The maximum absolute atomic E-state index is 13.4. The average Bonchev–Trinajstić information content (AvgIpc) is 2.35. The van der Waals surface area contributed by atoms with Crippen molar-refractivity contribution in [2.45, 2.75) is 46.6 Å². The highest BCUT2D eigenvalue weighted by atomic mass is 127. The Kier molecular flexibility index (Phi) is 2.08. The summed E-state index contributed by atoms with van der Waals surface area (Å²) in [6, 6.07) is 3.14. The van der Waals surface area contributed by atoms with Gasteiger partial charge in [-0.2, -0.15) is 5.26 Å². The highest BCUT2D eigenvalue weighted by Gasteiger charge is 3.22. The second-order valence-electron chi connectivity index (χ2n) is 8.20. The van der Waals surface area contributed by atoms with Gasteiger partial charge in [0.05, 0.1) is 16.9 Å². The number of hydrogen-bond acceptors (Lipinski definition) is 2.